The summed E-state index contributed by atoms with van der Waals surface area (Å²) in [6.45, 7) is 3.22. The number of piperidine rings is 1. The van der Waals surface area contributed by atoms with Crippen LogP contribution in [0.2, 0.25) is 0 Å². The molecule has 1 saturated heterocycles. The number of anilines is 1. The topological polar surface area (TPSA) is 111 Å². The SMILES string of the molecule is COc1cc(C(=O)N2CCC(C(C)N)CC2)cc(NS(C)(=O)=O)c1OC.Cl. The normalized spacial score (nSPS) is 16.3. The molecule has 3 N–H and O–H groups in total. The zero-order chi connectivity index (χ0) is 19.5. The zero-order valence-electron chi connectivity index (χ0n) is 16.0. The Balaban J connectivity index is 0.00000364. The minimum absolute atomic E-state index is 0. The summed E-state index contributed by atoms with van der Waals surface area (Å²) in [5, 5.41) is 0. The quantitative estimate of drug-likeness (QED) is 0.723. The minimum atomic E-state index is -3.54. The number of methoxy groups -OCH3 is 2. The van der Waals surface area contributed by atoms with Crippen LogP contribution in [0.15, 0.2) is 12.1 Å². The summed E-state index contributed by atoms with van der Waals surface area (Å²) < 4.78 is 36.2. The first-order valence-corrected chi connectivity index (χ1v) is 10.3. The van der Waals surface area contributed by atoms with Gasteiger partial charge in [-0.05, 0) is 37.8 Å². The molecule has 1 atom stereocenters. The van der Waals surface area contributed by atoms with E-state index in [4.69, 9.17) is 15.2 Å². The second-order valence-electron chi connectivity index (χ2n) is 6.62. The van der Waals surface area contributed by atoms with Gasteiger partial charge in [0.25, 0.3) is 5.91 Å². The van der Waals surface area contributed by atoms with Gasteiger partial charge in [-0.1, -0.05) is 0 Å². The van der Waals surface area contributed by atoms with E-state index in [1.165, 1.54) is 20.3 Å². The number of nitrogens with zero attached hydrogens (tertiary/aromatic N) is 1. The Morgan fingerprint density at radius 3 is 2.30 bits per heavy atom. The number of nitrogens with two attached hydrogens (primary N) is 1. The number of likely N-dealkylation sites (tertiary alicyclic amines) is 1. The molecule has 0 spiro atoms. The van der Waals surface area contributed by atoms with Crippen molar-refractivity contribution in [3.05, 3.63) is 17.7 Å². The van der Waals surface area contributed by atoms with E-state index in [0.717, 1.165) is 19.1 Å². The van der Waals surface area contributed by atoms with E-state index in [2.05, 4.69) is 4.72 Å². The summed E-state index contributed by atoms with van der Waals surface area (Å²) in [6.07, 6.45) is 2.74. The number of halogens is 1. The number of carbonyl (C=O) groups is 1. The third kappa shape index (κ3) is 5.88. The molecule has 27 heavy (non-hydrogen) atoms. The molecule has 1 aromatic carbocycles. The fourth-order valence-electron chi connectivity index (χ4n) is 3.17. The molecule has 0 radical (unpaired) electrons. The molecule has 1 aliphatic heterocycles. The number of hydrogen-bond acceptors (Lipinski definition) is 6. The monoisotopic (exact) mass is 421 g/mol. The van der Waals surface area contributed by atoms with Gasteiger partial charge in [0.05, 0.1) is 26.2 Å². The summed E-state index contributed by atoms with van der Waals surface area (Å²) in [6, 6.07) is 3.15. The maximum Gasteiger partial charge on any atom is 0.254 e. The van der Waals surface area contributed by atoms with Gasteiger partial charge in [0, 0.05) is 24.7 Å². The Labute approximate surface area is 166 Å². The Hall–Kier alpha value is -1.71. The van der Waals surface area contributed by atoms with E-state index < -0.39 is 10.0 Å². The van der Waals surface area contributed by atoms with Crippen LogP contribution < -0.4 is 19.9 Å². The van der Waals surface area contributed by atoms with Crippen LogP contribution in [-0.4, -0.2) is 58.8 Å². The number of nitrogens with one attached hydrogen (secondary N) is 1. The molecule has 1 fully saturated rings. The van der Waals surface area contributed by atoms with Gasteiger partial charge in [-0.2, -0.15) is 0 Å². The molecule has 1 heterocycles. The molecular weight excluding hydrogens is 394 g/mol. The second-order valence-corrected chi connectivity index (χ2v) is 8.37. The molecule has 1 aromatic rings. The molecule has 0 aromatic heterocycles. The van der Waals surface area contributed by atoms with Crippen molar-refractivity contribution in [2.45, 2.75) is 25.8 Å². The summed E-state index contributed by atoms with van der Waals surface area (Å²) in [5.41, 5.74) is 6.46. The smallest absolute Gasteiger partial charge is 0.254 e. The Morgan fingerprint density at radius 2 is 1.85 bits per heavy atom. The summed E-state index contributed by atoms with van der Waals surface area (Å²) in [5.74, 6) is 0.748. The minimum Gasteiger partial charge on any atom is -0.493 e. The molecule has 0 aliphatic carbocycles. The number of ether oxygens (including phenoxy) is 2. The first-order valence-electron chi connectivity index (χ1n) is 8.45. The average Bonchev–Trinajstić information content (AvgIpc) is 2.59. The van der Waals surface area contributed by atoms with Gasteiger partial charge in [-0.3, -0.25) is 9.52 Å². The van der Waals surface area contributed by atoms with E-state index in [1.54, 1.807) is 11.0 Å². The van der Waals surface area contributed by atoms with Crippen LogP contribution in [0.4, 0.5) is 5.69 Å². The Kier molecular flexibility index (Phi) is 8.19. The van der Waals surface area contributed by atoms with Crippen LogP contribution in [0.25, 0.3) is 0 Å². The van der Waals surface area contributed by atoms with Crippen molar-refractivity contribution in [3.63, 3.8) is 0 Å². The Morgan fingerprint density at radius 1 is 1.26 bits per heavy atom. The lowest BCUT2D eigenvalue weighted by Crippen LogP contribution is -2.42. The van der Waals surface area contributed by atoms with Crippen molar-refractivity contribution in [2.75, 3.05) is 38.3 Å². The number of sulfonamides is 1. The first kappa shape index (κ1) is 23.3. The van der Waals surface area contributed by atoms with Crippen molar-refractivity contribution in [3.8, 4) is 11.5 Å². The molecular formula is C17H28ClN3O5S. The van der Waals surface area contributed by atoms with E-state index in [-0.39, 0.29) is 41.5 Å². The maximum absolute atomic E-state index is 12.9. The van der Waals surface area contributed by atoms with Crippen LogP contribution in [-0.2, 0) is 10.0 Å². The van der Waals surface area contributed by atoms with Gasteiger partial charge in [0.15, 0.2) is 11.5 Å². The number of rotatable bonds is 6. The molecule has 1 unspecified atom stereocenters. The molecule has 1 aliphatic rings. The van der Waals surface area contributed by atoms with Crippen molar-refractivity contribution in [1.82, 2.24) is 4.90 Å². The lowest BCUT2D eigenvalue weighted by molar-refractivity contribution is 0.0680. The second kappa shape index (κ2) is 9.48. The van der Waals surface area contributed by atoms with Gasteiger partial charge < -0.3 is 20.1 Å². The molecule has 8 nitrogen and oxygen atoms in total. The number of hydrogen-bond donors (Lipinski definition) is 2. The number of amides is 1. The largest absolute Gasteiger partial charge is 0.493 e. The summed E-state index contributed by atoms with van der Waals surface area (Å²) in [7, 11) is -0.700. The average molecular weight is 422 g/mol. The standard InChI is InChI=1S/C17H27N3O5S.ClH/c1-11(18)12-5-7-20(8-6-12)17(21)13-9-14(19-26(4,22)23)16(25-3)15(10-13)24-2;/h9-12,19H,5-8,18H2,1-4H3;1H. The first-order chi connectivity index (χ1) is 12.2. The molecule has 0 saturated carbocycles. The summed E-state index contributed by atoms with van der Waals surface area (Å²) >= 11 is 0. The molecule has 1 amide bonds. The highest BCUT2D eigenvalue weighted by atomic mass is 35.5. The van der Waals surface area contributed by atoms with Crippen molar-refractivity contribution < 1.29 is 22.7 Å². The van der Waals surface area contributed by atoms with E-state index in [1.807, 2.05) is 6.92 Å². The van der Waals surface area contributed by atoms with Gasteiger partial charge in [0.2, 0.25) is 10.0 Å². The predicted octanol–water partition coefficient (Wildman–Crippen LogP) is 1.70. The highest BCUT2D eigenvalue weighted by Crippen LogP contribution is 2.37. The zero-order valence-corrected chi connectivity index (χ0v) is 17.7. The maximum atomic E-state index is 12.9. The molecule has 154 valence electrons. The highest BCUT2D eigenvalue weighted by molar-refractivity contribution is 7.92. The third-order valence-electron chi connectivity index (χ3n) is 4.59. The van der Waals surface area contributed by atoms with Crippen molar-refractivity contribution in [2.24, 2.45) is 11.7 Å². The van der Waals surface area contributed by atoms with Crippen LogP contribution >= 0.6 is 12.4 Å². The van der Waals surface area contributed by atoms with Crippen LogP contribution in [0.1, 0.15) is 30.1 Å². The van der Waals surface area contributed by atoms with Crippen LogP contribution in [0, 0.1) is 5.92 Å². The van der Waals surface area contributed by atoms with Gasteiger partial charge in [-0.25, -0.2) is 8.42 Å². The Bertz CT molecular complexity index is 762. The predicted molar refractivity (Wildman–Crippen MR) is 108 cm³/mol. The van der Waals surface area contributed by atoms with Crippen molar-refractivity contribution in [1.29, 1.82) is 0 Å². The van der Waals surface area contributed by atoms with E-state index in [9.17, 15) is 13.2 Å². The van der Waals surface area contributed by atoms with Gasteiger partial charge in [-0.15, -0.1) is 12.4 Å². The lowest BCUT2D eigenvalue weighted by Gasteiger charge is -2.34. The van der Waals surface area contributed by atoms with Crippen LogP contribution in [0.5, 0.6) is 11.5 Å². The fourth-order valence-corrected chi connectivity index (χ4v) is 3.73. The highest BCUT2D eigenvalue weighted by Gasteiger charge is 2.27. The fraction of sp³-hybridized carbons (Fsp3) is 0.588. The number of carbonyl (C=O) groups excluding carboxylic acids is 1. The number of benzene rings is 1. The van der Waals surface area contributed by atoms with E-state index in [0.29, 0.717) is 24.6 Å². The third-order valence-corrected chi connectivity index (χ3v) is 5.18. The molecule has 10 heteroatoms. The molecule has 0 bridgehead atoms. The van der Waals surface area contributed by atoms with Gasteiger partial charge >= 0.3 is 0 Å². The van der Waals surface area contributed by atoms with Crippen molar-refractivity contribution >= 4 is 34.0 Å². The lowest BCUT2D eigenvalue weighted by atomic mass is 9.90. The molecule has 2 rings (SSSR count). The summed E-state index contributed by atoms with van der Waals surface area (Å²) in [4.78, 5) is 14.6. The van der Waals surface area contributed by atoms with E-state index >= 15 is 0 Å². The van der Waals surface area contributed by atoms with Crippen LogP contribution in [0.3, 0.4) is 0 Å². The van der Waals surface area contributed by atoms with Gasteiger partial charge in [0.1, 0.15) is 0 Å².